The van der Waals surface area contributed by atoms with Crippen molar-refractivity contribution in [3.8, 4) is 22.9 Å². The fraction of sp³-hybridized carbons (Fsp3) is 0.217. The van der Waals surface area contributed by atoms with Gasteiger partial charge in [-0.1, -0.05) is 12.1 Å². The number of amides is 1. The van der Waals surface area contributed by atoms with Crippen LogP contribution in [0.5, 0.6) is 11.5 Å². The summed E-state index contributed by atoms with van der Waals surface area (Å²) in [7, 11) is 0. The number of rotatable bonds is 7. The number of nitrogens with zero attached hydrogens (tertiary/aromatic N) is 2. The molecule has 0 saturated heterocycles. The van der Waals surface area contributed by atoms with Gasteiger partial charge in [0, 0.05) is 24.4 Å². The number of ketones is 1. The number of hydrogen-bond acceptors (Lipinski definition) is 6. The Morgan fingerprint density at radius 3 is 2.60 bits per heavy atom. The SMILES string of the molecule is CC(=O)c1ccc(OCC(=O)NC[C@@H]2Cc3cccc(-c4ncccn4)c3O2)cc1. The Balaban J connectivity index is 1.29. The lowest BCUT2D eigenvalue weighted by Crippen LogP contribution is -2.37. The van der Waals surface area contributed by atoms with Crippen LogP contribution in [-0.2, 0) is 11.2 Å². The molecule has 0 aliphatic carbocycles. The van der Waals surface area contributed by atoms with E-state index in [4.69, 9.17) is 9.47 Å². The fourth-order valence-electron chi connectivity index (χ4n) is 3.28. The Labute approximate surface area is 174 Å². The summed E-state index contributed by atoms with van der Waals surface area (Å²) in [6.07, 6.45) is 3.93. The molecule has 2 aromatic carbocycles. The van der Waals surface area contributed by atoms with Crippen LogP contribution in [0.4, 0.5) is 0 Å². The maximum absolute atomic E-state index is 12.1. The van der Waals surface area contributed by atoms with Crippen molar-refractivity contribution < 1.29 is 19.1 Å². The summed E-state index contributed by atoms with van der Waals surface area (Å²) < 4.78 is 11.5. The van der Waals surface area contributed by atoms with Gasteiger partial charge in [-0.2, -0.15) is 0 Å². The van der Waals surface area contributed by atoms with E-state index in [2.05, 4.69) is 15.3 Å². The van der Waals surface area contributed by atoms with Crippen LogP contribution in [-0.4, -0.2) is 40.9 Å². The van der Waals surface area contributed by atoms with Gasteiger partial charge in [-0.25, -0.2) is 9.97 Å². The number of fused-ring (bicyclic) bond motifs is 1. The number of carbonyl (C=O) groups excluding carboxylic acids is 2. The van der Waals surface area contributed by atoms with Crippen LogP contribution in [0.25, 0.3) is 11.4 Å². The van der Waals surface area contributed by atoms with Crippen LogP contribution >= 0.6 is 0 Å². The van der Waals surface area contributed by atoms with Gasteiger partial charge in [-0.3, -0.25) is 9.59 Å². The lowest BCUT2D eigenvalue weighted by molar-refractivity contribution is -0.123. The molecule has 3 aromatic rings. The molecule has 2 heterocycles. The van der Waals surface area contributed by atoms with E-state index in [0.29, 0.717) is 30.1 Å². The molecule has 0 fully saturated rings. The molecular formula is C23H21N3O4. The monoisotopic (exact) mass is 403 g/mol. The third kappa shape index (κ3) is 4.46. The first-order valence-electron chi connectivity index (χ1n) is 9.66. The Morgan fingerprint density at radius 1 is 1.10 bits per heavy atom. The number of Topliss-reactive ketones (excluding diaryl/α,β-unsaturated/α-hetero) is 1. The Morgan fingerprint density at radius 2 is 1.87 bits per heavy atom. The third-order valence-electron chi connectivity index (χ3n) is 4.79. The van der Waals surface area contributed by atoms with Crippen molar-refractivity contribution >= 4 is 11.7 Å². The van der Waals surface area contributed by atoms with Crippen LogP contribution in [0, 0.1) is 0 Å². The minimum absolute atomic E-state index is 0.0150. The smallest absolute Gasteiger partial charge is 0.258 e. The highest BCUT2D eigenvalue weighted by Crippen LogP contribution is 2.37. The van der Waals surface area contributed by atoms with E-state index in [9.17, 15) is 9.59 Å². The molecule has 1 aliphatic rings. The second-order valence-electron chi connectivity index (χ2n) is 6.98. The lowest BCUT2D eigenvalue weighted by atomic mass is 10.1. The Hall–Kier alpha value is -3.74. The number of benzene rings is 2. The summed E-state index contributed by atoms with van der Waals surface area (Å²) in [6.45, 7) is 1.76. The summed E-state index contributed by atoms with van der Waals surface area (Å²) in [5.74, 6) is 1.66. The number of hydrogen-bond donors (Lipinski definition) is 1. The van der Waals surface area contributed by atoms with E-state index in [1.165, 1.54) is 6.92 Å². The molecule has 7 nitrogen and oxygen atoms in total. The number of aromatic nitrogens is 2. The highest BCUT2D eigenvalue weighted by atomic mass is 16.5. The molecule has 1 N–H and O–H groups in total. The maximum Gasteiger partial charge on any atom is 0.258 e. The first kappa shape index (κ1) is 19.6. The molecular weight excluding hydrogens is 382 g/mol. The minimum Gasteiger partial charge on any atom is -0.487 e. The van der Waals surface area contributed by atoms with Crippen molar-refractivity contribution in [2.45, 2.75) is 19.4 Å². The summed E-state index contributed by atoms with van der Waals surface area (Å²) in [4.78, 5) is 32.0. The molecule has 1 atom stereocenters. The molecule has 0 saturated carbocycles. The molecule has 0 unspecified atom stereocenters. The molecule has 1 aliphatic heterocycles. The average molecular weight is 403 g/mol. The molecule has 1 amide bonds. The van der Waals surface area contributed by atoms with Crippen molar-refractivity contribution in [2.75, 3.05) is 13.2 Å². The normalized spacial score (nSPS) is 14.5. The highest BCUT2D eigenvalue weighted by molar-refractivity contribution is 5.94. The molecule has 4 rings (SSSR count). The predicted molar refractivity (Wildman–Crippen MR) is 111 cm³/mol. The summed E-state index contributed by atoms with van der Waals surface area (Å²) in [5.41, 5.74) is 2.52. The van der Waals surface area contributed by atoms with Gasteiger partial charge in [0.25, 0.3) is 5.91 Å². The fourth-order valence-corrected chi connectivity index (χ4v) is 3.28. The number of carbonyl (C=O) groups is 2. The zero-order valence-electron chi connectivity index (χ0n) is 16.5. The Bertz CT molecular complexity index is 1050. The zero-order chi connectivity index (χ0) is 20.9. The van der Waals surface area contributed by atoms with Crippen LogP contribution in [0.2, 0.25) is 0 Å². The summed E-state index contributed by atoms with van der Waals surface area (Å²) in [6, 6.07) is 14.4. The molecule has 30 heavy (non-hydrogen) atoms. The van der Waals surface area contributed by atoms with E-state index < -0.39 is 0 Å². The highest BCUT2D eigenvalue weighted by Gasteiger charge is 2.26. The first-order valence-corrected chi connectivity index (χ1v) is 9.66. The van der Waals surface area contributed by atoms with E-state index in [0.717, 1.165) is 16.9 Å². The number of para-hydroxylation sites is 1. The van der Waals surface area contributed by atoms with Gasteiger partial charge in [0.05, 0.1) is 12.1 Å². The van der Waals surface area contributed by atoms with Gasteiger partial charge >= 0.3 is 0 Å². The largest absolute Gasteiger partial charge is 0.487 e. The number of nitrogens with one attached hydrogen (secondary N) is 1. The molecule has 152 valence electrons. The van der Waals surface area contributed by atoms with Gasteiger partial charge in [0.1, 0.15) is 17.6 Å². The lowest BCUT2D eigenvalue weighted by Gasteiger charge is -2.13. The predicted octanol–water partition coefficient (Wildman–Crippen LogP) is 2.84. The average Bonchev–Trinajstić information content (AvgIpc) is 3.20. The molecule has 0 spiro atoms. The second-order valence-corrected chi connectivity index (χ2v) is 6.98. The van der Waals surface area contributed by atoms with Gasteiger partial charge in [0.15, 0.2) is 18.2 Å². The number of ether oxygens (including phenoxy) is 2. The quantitative estimate of drug-likeness (QED) is 0.610. The van der Waals surface area contributed by atoms with E-state index in [1.54, 1.807) is 42.7 Å². The zero-order valence-corrected chi connectivity index (χ0v) is 16.5. The third-order valence-corrected chi connectivity index (χ3v) is 4.79. The van der Waals surface area contributed by atoms with Gasteiger partial charge in [-0.05, 0) is 48.9 Å². The first-order chi connectivity index (χ1) is 14.6. The van der Waals surface area contributed by atoms with Crippen LogP contribution < -0.4 is 14.8 Å². The van der Waals surface area contributed by atoms with Gasteiger partial charge in [0.2, 0.25) is 0 Å². The molecule has 1 aromatic heterocycles. The second kappa shape index (κ2) is 8.73. The van der Waals surface area contributed by atoms with Crippen LogP contribution in [0.15, 0.2) is 60.9 Å². The standard InChI is InChI=1S/C23H21N3O4/c1-15(27)16-6-8-18(9-7-16)29-14-21(28)26-13-19-12-17-4-2-5-20(22(17)30-19)23-24-10-3-11-25-23/h2-11,19H,12-14H2,1H3,(H,26,28)/t19-/m0/s1. The van der Waals surface area contributed by atoms with Crippen molar-refractivity contribution in [2.24, 2.45) is 0 Å². The van der Waals surface area contributed by atoms with E-state index in [1.807, 2.05) is 18.2 Å². The van der Waals surface area contributed by atoms with E-state index in [-0.39, 0.29) is 24.4 Å². The summed E-state index contributed by atoms with van der Waals surface area (Å²) in [5, 5.41) is 2.84. The van der Waals surface area contributed by atoms with Crippen molar-refractivity contribution in [3.05, 3.63) is 72.1 Å². The van der Waals surface area contributed by atoms with Crippen molar-refractivity contribution in [1.82, 2.24) is 15.3 Å². The molecule has 0 radical (unpaired) electrons. The summed E-state index contributed by atoms with van der Waals surface area (Å²) >= 11 is 0. The van der Waals surface area contributed by atoms with Crippen LogP contribution in [0.1, 0.15) is 22.8 Å². The van der Waals surface area contributed by atoms with Gasteiger partial charge in [-0.15, -0.1) is 0 Å². The van der Waals surface area contributed by atoms with Crippen molar-refractivity contribution in [3.63, 3.8) is 0 Å². The molecule has 7 heteroatoms. The van der Waals surface area contributed by atoms with Gasteiger partial charge < -0.3 is 14.8 Å². The topological polar surface area (TPSA) is 90.4 Å². The molecule has 0 bridgehead atoms. The van der Waals surface area contributed by atoms with Crippen LogP contribution in [0.3, 0.4) is 0 Å². The minimum atomic E-state index is -0.239. The Kier molecular flexibility index (Phi) is 5.70. The maximum atomic E-state index is 12.1. The van der Waals surface area contributed by atoms with Crippen molar-refractivity contribution in [1.29, 1.82) is 0 Å². The van der Waals surface area contributed by atoms with E-state index >= 15 is 0 Å².